The summed E-state index contributed by atoms with van der Waals surface area (Å²) in [6, 6.07) is 3.46. The van der Waals surface area contributed by atoms with E-state index < -0.39 is 0 Å². The first-order valence-electron chi connectivity index (χ1n) is 4.32. The third-order valence-electron chi connectivity index (χ3n) is 2.12. The third kappa shape index (κ3) is 1.77. The summed E-state index contributed by atoms with van der Waals surface area (Å²) in [4.78, 5) is 0. The maximum absolute atomic E-state index is 11.5. The summed E-state index contributed by atoms with van der Waals surface area (Å²) in [5.41, 5.74) is 0.880. The molecule has 0 aliphatic carbocycles. The first-order chi connectivity index (χ1) is 5.84. The molecule has 1 aromatic carbocycles. The van der Waals surface area contributed by atoms with Gasteiger partial charge in [0, 0.05) is 0 Å². The van der Waals surface area contributed by atoms with Gasteiger partial charge in [-0.15, -0.1) is 0 Å². The van der Waals surface area contributed by atoms with Crippen molar-refractivity contribution >= 4 is 0 Å². The highest BCUT2D eigenvalue weighted by Gasteiger charge is 2.16. The second-order valence-corrected chi connectivity index (χ2v) is 4.34. The Morgan fingerprint density at radius 3 is 2.23 bits per heavy atom. The highest BCUT2D eigenvalue weighted by molar-refractivity contribution is 5.50. The van der Waals surface area contributed by atoms with Gasteiger partial charge < -0.3 is 5.11 Å². The molecule has 1 radical (unpaired) electrons. The maximum atomic E-state index is 11.5. The lowest BCUT2D eigenvalue weighted by molar-refractivity contribution is -0.272. The maximum Gasteiger partial charge on any atom is 0.174 e. The summed E-state index contributed by atoms with van der Waals surface area (Å²) >= 11 is 0. The van der Waals surface area contributed by atoms with Gasteiger partial charge in [0.1, 0.15) is 0 Å². The highest BCUT2D eigenvalue weighted by atomic mass is 16.3. The van der Waals surface area contributed by atoms with E-state index in [0.717, 1.165) is 0 Å². The van der Waals surface area contributed by atoms with Gasteiger partial charge in [-0.3, -0.25) is 5.11 Å². The van der Waals surface area contributed by atoms with Crippen molar-refractivity contribution in [3.05, 3.63) is 23.3 Å². The Kier molecular flexibility index (Phi) is 2.24. The quantitative estimate of drug-likeness (QED) is 0.602. The minimum Gasteiger partial charge on any atom is -0.870 e. The molecule has 71 valence electrons. The van der Waals surface area contributed by atoms with Crippen LogP contribution in [-0.2, 0) is 10.5 Å². The third-order valence-corrected chi connectivity index (χ3v) is 2.12. The van der Waals surface area contributed by atoms with E-state index in [2.05, 4.69) is 0 Å². The lowest BCUT2D eigenvalue weighted by atomic mass is 9.85. The molecule has 13 heavy (non-hydrogen) atoms. The first kappa shape index (κ1) is 9.90. The van der Waals surface area contributed by atoms with Crippen LogP contribution >= 0.6 is 0 Å². The lowest BCUT2D eigenvalue weighted by Gasteiger charge is -2.26. The molecule has 0 unspecified atom stereocenters. The molecule has 0 amide bonds. The monoisotopic (exact) mass is 178 g/mol. The van der Waals surface area contributed by atoms with Gasteiger partial charge in [-0.1, -0.05) is 38.7 Å². The SMILES string of the molecule is Cc1ccc(C(C)(C)C)c([O-])c1[O]. The van der Waals surface area contributed by atoms with E-state index in [9.17, 15) is 10.2 Å². The molecule has 2 heteroatoms. The predicted molar refractivity (Wildman–Crippen MR) is 49.5 cm³/mol. The van der Waals surface area contributed by atoms with Crippen molar-refractivity contribution in [2.24, 2.45) is 0 Å². The van der Waals surface area contributed by atoms with Crippen molar-refractivity contribution < 1.29 is 10.2 Å². The van der Waals surface area contributed by atoms with Gasteiger partial charge in [0.15, 0.2) is 5.75 Å². The summed E-state index contributed by atoms with van der Waals surface area (Å²) < 4.78 is 0. The Bertz CT molecular complexity index is 322. The summed E-state index contributed by atoms with van der Waals surface area (Å²) in [5, 5.41) is 22.8. The average molecular weight is 178 g/mol. The van der Waals surface area contributed by atoms with Crippen molar-refractivity contribution in [1.82, 2.24) is 0 Å². The fourth-order valence-electron chi connectivity index (χ4n) is 1.25. The predicted octanol–water partition coefficient (Wildman–Crippen LogP) is 2.51. The molecule has 0 aliphatic rings. The number of hydrogen-bond donors (Lipinski definition) is 0. The second-order valence-electron chi connectivity index (χ2n) is 4.34. The molecule has 0 saturated carbocycles. The fourth-order valence-corrected chi connectivity index (χ4v) is 1.25. The topological polar surface area (TPSA) is 43.0 Å². The van der Waals surface area contributed by atoms with Crippen molar-refractivity contribution in [3.63, 3.8) is 0 Å². The molecule has 0 aliphatic heterocycles. The smallest absolute Gasteiger partial charge is 0.174 e. The molecule has 0 N–H and O–H groups in total. The largest absolute Gasteiger partial charge is 0.870 e. The zero-order valence-electron chi connectivity index (χ0n) is 8.47. The lowest BCUT2D eigenvalue weighted by Crippen LogP contribution is -2.14. The molecule has 1 aromatic rings. The Morgan fingerprint density at radius 2 is 1.77 bits per heavy atom. The van der Waals surface area contributed by atoms with E-state index in [1.54, 1.807) is 19.1 Å². The average Bonchev–Trinajstić information content (AvgIpc) is 1.98. The van der Waals surface area contributed by atoms with Crippen LogP contribution < -0.4 is 5.11 Å². The van der Waals surface area contributed by atoms with E-state index in [-0.39, 0.29) is 16.9 Å². The molecular weight excluding hydrogens is 164 g/mol. The summed E-state index contributed by atoms with van der Waals surface area (Å²) in [5.74, 6) is -0.722. The Morgan fingerprint density at radius 1 is 1.23 bits per heavy atom. The molecule has 0 heterocycles. The van der Waals surface area contributed by atoms with Crippen molar-refractivity contribution in [3.8, 4) is 11.5 Å². The zero-order chi connectivity index (χ0) is 10.2. The van der Waals surface area contributed by atoms with Gasteiger partial charge in [0.05, 0.1) is 0 Å². The fraction of sp³-hybridized carbons (Fsp3) is 0.455. The number of hydrogen-bond acceptors (Lipinski definition) is 1. The van der Waals surface area contributed by atoms with Gasteiger partial charge in [0.2, 0.25) is 0 Å². The van der Waals surface area contributed by atoms with Crippen molar-refractivity contribution in [2.45, 2.75) is 33.1 Å². The van der Waals surface area contributed by atoms with Gasteiger partial charge in [-0.2, -0.15) is 0 Å². The summed E-state index contributed by atoms with van der Waals surface area (Å²) in [6.07, 6.45) is 0. The number of rotatable bonds is 0. The van der Waals surface area contributed by atoms with Gasteiger partial charge in [-0.25, -0.2) is 0 Å². The van der Waals surface area contributed by atoms with Gasteiger partial charge in [0.25, 0.3) is 0 Å². The minimum absolute atomic E-state index is 0.246. The van der Waals surface area contributed by atoms with E-state index in [1.165, 1.54) is 0 Å². The molecule has 0 bridgehead atoms. The molecular formula is C11H14O2-. The first-order valence-corrected chi connectivity index (χ1v) is 4.32. The summed E-state index contributed by atoms with van der Waals surface area (Å²) in [7, 11) is 0. The van der Waals surface area contributed by atoms with Crippen LogP contribution in [0.3, 0.4) is 0 Å². The molecule has 0 aromatic heterocycles. The van der Waals surface area contributed by atoms with E-state index >= 15 is 0 Å². The van der Waals surface area contributed by atoms with E-state index in [4.69, 9.17) is 0 Å². The highest BCUT2D eigenvalue weighted by Crippen LogP contribution is 2.36. The van der Waals surface area contributed by atoms with Crippen LogP contribution in [0.4, 0.5) is 0 Å². The van der Waals surface area contributed by atoms with E-state index in [1.807, 2.05) is 20.8 Å². The number of aryl methyl sites for hydroxylation is 1. The van der Waals surface area contributed by atoms with E-state index in [0.29, 0.717) is 11.1 Å². The molecule has 0 atom stereocenters. The van der Waals surface area contributed by atoms with Crippen molar-refractivity contribution in [1.29, 1.82) is 0 Å². The molecule has 0 saturated heterocycles. The molecule has 0 spiro atoms. The van der Waals surface area contributed by atoms with Crippen LogP contribution in [-0.4, -0.2) is 0 Å². The molecule has 0 fully saturated rings. The van der Waals surface area contributed by atoms with Crippen LogP contribution in [0.2, 0.25) is 0 Å². The zero-order valence-corrected chi connectivity index (χ0v) is 8.47. The van der Waals surface area contributed by atoms with Gasteiger partial charge in [-0.05, 0) is 23.5 Å². The molecule has 1 rings (SSSR count). The summed E-state index contributed by atoms with van der Waals surface area (Å²) in [6.45, 7) is 7.45. The Hall–Kier alpha value is -1.18. The molecule has 2 nitrogen and oxygen atoms in total. The van der Waals surface area contributed by atoms with Crippen LogP contribution in [0.5, 0.6) is 11.5 Å². The van der Waals surface area contributed by atoms with Gasteiger partial charge >= 0.3 is 0 Å². The Balaban J connectivity index is 3.35. The Labute approximate surface area is 78.8 Å². The van der Waals surface area contributed by atoms with Crippen molar-refractivity contribution in [2.75, 3.05) is 0 Å². The normalized spacial score (nSPS) is 11.7. The van der Waals surface area contributed by atoms with Crippen LogP contribution in [0.15, 0.2) is 12.1 Å². The standard InChI is InChI=1S/C11H15O2/c1-7-5-6-8(11(2,3)4)10(13)9(7)12/h5-6,13H,1-4H3/p-1. The van der Waals surface area contributed by atoms with Crippen LogP contribution in [0.1, 0.15) is 31.9 Å². The minimum atomic E-state index is -0.368. The van der Waals surface area contributed by atoms with Crippen LogP contribution in [0.25, 0.3) is 0 Å². The number of benzene rings is 1. The van der Waals surface area contributed by atoms with Crippen LogP contribution in [0, 0.1) is 6.92 Å². The second kappa shape index (κ2) is 2.95.